The van der Waals surface area contributed by atoms with Crippen LogP contribution >= 0.6 is 0 Å². The Kier molecular flexibility index (Phi) is 3.54. The molecule has 0 radical (unpaired) electrons. The van der Waals surface area contributed by atoms with Crippen molar-refractivity contribution in [3.8, 4) is 5.75 Å². The van der Waals surface area contributed by atoms with Crippen molar-refractivity contribution in [1.29, 1.82) is 0 Å². The molecule has 0 aliphatic heterocycles. The summed E-state index contributed by atoms with van der Waals surface area (Å²) >= 11 is 0. The van der Waals surface area contributed by atoms with E-state index in [-0.39, 0.29) is 6.10 Å². The molecule has 3 nitrogen and oxygen atoms in total. The molecule has 0 aromatic carbocycles. The van der Waals surface area contributed by atoms with Crippen LogP contribution in [-0.4, -0.2) is 24.8 Å². The zero-order chi connectivity index (χ0) is 8.81. The zero-order valence-electron chi connectivity index (χ0n) is 7.36. The third kappa shape index (κ3) is 2.88. The summed E-state index contributed by atoms with van der Waals surface area (Å²) in [5.74, 6) is 0.828. The molecule has 1 aromatic heterocycles. The molecule has 0 N–H and O–H groups in total. The molecule has 1 heterocycles. The zero-order valence-corrected chi connectivity index (χ0v) is 7.36. The Bertz CT molecular complexity index is 213. The first-order valence-corrected chi connectivity index (χ1v) is 3.88. The number of hydrogen-bond donors (Lipinski definition) is 0. The third-order valence-electron chi connectivity index (χ3n) is 1.39. The van der Waals surface area contributed by atoms with Gasteiger partial charge in [0, 0.05) is 19.5 Å². The quantitative estimate of drug-likeness (QED) is 0.681. The van der Waals surface area contributed by atoms with Crippen molar-refractivity contribution in [2.45, 2.75) is 13.0 Å². The van der Waals surface area contributed by atoms with Crippen molar-refractivity contribution < 1.29 is 9.47 Å². The third-order valence-corrected chi connectivity index (χ3v) is 1.39. The van der Waals surface area contributed by atoms with Crippen molar-refractivity contribution >= 4 is 0 Å². The molecule has 0 saturated carbocycles. The molecule has 1 aromatic rings. The van der Waals surface area contributed by atoms with Crippen molar-refractivity contribution in [3.63, 3.8) is 0 Å². The van der Waals surface area contributed by atoms with Gasteiger partial charge in [-0.2, -0.15) is 0 Å². The van der Waals surface area contributed by atoms with Gasteiger partial charge < -0.3 is 9.47 Å². The molecule has 0 bridgehead atoms. The molecule has 0 aliphatic carbocycles. The number of rotatable bonds is 4. The number of hydrogen-bond acceptors (Lipinski definition) is 3. The first kappa shape index (κ1) is 9.00. The van der Waals surface area contributed by atoms with Crippen molar-refractivity contribution in [2.75, 3.05) is 13.7 Å². The van der Waals surface area contributed by atoms with Crippen molar-refractivity contribution in [2.24, 2.45) is 0 Å². The molecule has 3 heteroatoms. The summed E-state index contributed by atoms with van der Waals surface area (Å²) in [7, 11) is 1.66. The smallest absolute Gasteiger partial charge is 0.122 e. The Hall–Kier alpha value is -1.09. The van der Waals surface area contributed by atoms with Crippen LogP contribution in [0, 0.1) is 0 Å². The molecule has 0 saturated heterocycles. The van der Waals surface area contributed by atoms with E-state index in [1.54, 1.807) is 19.5 Å². The van der Waals surface area contributed by atoms with E-state index in [0.717, 1.165) is 5.75 Å². The van der Waals surface area contributed by atoms with Gasteiger partial charge in [-0.05, 0) is 19.1 Å². The van der Waals surface area contributed by atoms with E-state index in [9.17, 15) is 0 Å². The highest BCUT2D eigenvalue weighted by Crippen LogP contribution is 2.09. The SMILES string of the molecule is COCC(C)Oc1ccncc1. The van der Waals surface area contributed by atoms with E-state index in [1.165, 1.54) is 0 Å². The van der Waals surface area contributed by atoms with Gasteiger partial charge in [0.05, 0.1) is 6.61 Å². The van der Waals surface area contributed by atoms with E-state index in [1.807, 2.05) is 19.1 Å². The van der Waals surface area contributed by atoms with Gasteiger partial charge in [0.1, 0.15) is 11.9 Å². The predicted molar refractivity (Wildman–Crippen MR) is 46.2 cm³/mol. The summed E-state index contributed by atoms with van der Waals surface area (Å²) in [5.41, 5.74) is 0. The summed E-state index contributed by atoms with van der Waals surface area (Å²) in [6.07, 6.45) is 3.49. The Balaban J connectivity index is 2.41. The molecular formula is C9H13NO2. The van der Waals surface area contributed by atoms with E-state index >= 15 is 0 Å². The van der Waals surface area contributed by atoms with Crippen LogP contribution in [0.15, 0.2) is 24.5 Å². The second kappa shape index (κ2) is 4.72. The minimum absolute atomic E-state index is 0.0809. The van der Waals surface area contributed by atoms with Crippen molar-refractivity contribution in [1.82, 2.24) is 4.98 Å². The fourth-order valence-corrected chi connectivity index (χ4v) is 0.918. The average molecular weight is 167 g/mol. The number of ether oxygens (including phenoxy) is 2. The monoisotopic (exact) mass is 167 g/mol. The van der Waals surface area contributed by atoms with Gasteiger partial charge in [0.15, 0.2) is 0 Å². The van der Waals surface area contributed by atoms with Gasteiger partial charge in [-0.1, -0.05) is 0 Å². The molecule has 0 fully saturated rings. The maximum atomic E-state index is 5.49. The molecule has 0 aliphatic rings. The normalized spacial score (nSPS) is 12.5. The predicted octanol–water partition coefficient (Wildman–Crippen LogP) is 1.50. The number of pyridine rings is 1. The fourth-order valence-electron chi connectivity index (χ4n) is 0.918. The number of nitrogens with zero attached hydrogens (tertiary/aromatic N) is 1. The van der Waals surface area contributed by atoms with Crippen molar-refractivity contribution in [3.05, 3.63) is 24.5 Å². The molecule has 1 atom stereocenters. The summed E-state index contributed by atoms with van der Waals surface area (Å²) in [4.78, 5) is 3.89. The molecular weight excluding hydrogens is 154 g/mol. The van der Waals surface area contributed by atoms with Crippen LogP contribution in [0.2, 0.25) is 0 Å². The van der Waals surface area contributed by atoms with Crippen LogP contribution in [0.3, 0.4) is 0 Å². The van der Waals surface area contributed by atoms with E-state index in [4.69, 9.17) is 9.47 Å². The van der Waals surface area contributed by atoms with E-state index in [0.29, 0.717) is 6.61 Å². The van der Waals surface area contributed by atoms with Gasteiger partial charge in [0.25, 0.3) is 0 Å². The lowest BCUT2D eigenvalue weighted by Crippen LogP contribution is -2.17. The molecule has 1 rings (SSSR count). The second-order valence-corrected chi connectivity index (χ2v) is 2.57. The lowest BCUT2D eigenvalue weighted by Gasteiger charge is -2.12. The maximum absolute atomic E-state index is 5.49. The summed E-state index contributed by atoms with van der Waals surface area (Å²) in [6.45, 7) is 2.56. The molecule has 66 valence electrons. The Morgan fingerprint density at radius 2 is 2.08 bits per heavy atom. The maximum Gasteiger partial charge on any atom is 0.122 e. The highest BCUT2D eigenvalue weighted by molar-refractivity contribution is 5.16. The molecule has 0 spiro atoms. The minimum Gasteiger partial charge on any atom is -0.488 e. The van der Waals surface area contributed by atoms with Gasteiger partial charge in [-0.15, -0.1) is 0 Å². The summed E-state index contributed by atoms with van der Waals surface area (Å²) in [5, 5.41) is 0. The Morgan fingerprint density at radius 3 is 2.67 bits per heavy atom. The fraction of sp³-hybridized carbons (Fsp3) is 0.444. The van der Waals surface area contributed by atoms with Gasteiger partial charge in [0.2, 0.25) is 0 Å². The second-order valence-electron chi connectivity index (χ2n) is 2.57. The summed E-state index contributed by atoms with van der Waals surface area (Å²) in [6, 6.07) is 3.65. The number of aromatic nitrogens is 1. The highest BCUT2D eigenvalue weighted by atomic mass is 16.5. The van der Waals surface area contributed by atoms with E-state index in [2.05, 4.69) is 4.98 Å². The first-order valence-electron chi connectivity index (χ1n) is 3.88. The average Bonchev–Trinajstić information content (AvgIpc) is 2.06. The number of methoxy groups -OCH3 is 1. The van der Waals surface area contributed by atoms with Gasteiger partial charge in [-0.25, -0.2) is 0 Å². The largest absolute Gasteiger partial charge is 0.488 e. The minimum atomic E-state index is 0.0809. The van der Waals surface area contributed by atoms with Gasteiger partial charge >= 0.3 is 0 Å². The molecule has 0 amide bonds. The standard InChI is InChI=1S/C9H13NO2/c1-8(7-11-2)12-9-3-5-10-6-4-9/h3-6,8H,7H2,1-2H3. The van der Waals surface area contributed by atoms with E-state index < -0.39 is 0 Å². The van der Waals surface area contributed by atoms with Crippen LogP contribution in [0.25, 0.3) is 0 Å². The van der Waals surface area contributed by atoms with Crippen LogP contribution in [0.5, 0.6) is 5.75 Å². The first-order chi connectivity index (χ1) is 5.83. The Labute approximate surface area is 72.3 Å². The highest BCUT2D eigenvalue weighted by Gasteiger charge is 2.01. The van der Waals surface area contributed by atoms with Gasteiger partial charge in [-0.3, -0.25) is 4.98 Å². The summed E-state index contributed by atoms with van der Waals surface area (Å²) < 4.78 is 10.4. The van der Waals surface area contributed by atoms with Crippen LogP contribution in [0.1, 0.15) is 6.92 Å². The van der Waals surface area contributed by atoms with Crippen LogP contribution in [0.4, 0.5) is 0 Å². The molecule has 1 unspecified atom stereocenters. The lowest BCUT2D eigenvalue weighted by atomic mass is 10.4. The Morgan fingerprint density at radius 1 is 1.42 bits per heavy atom. The topological polar surface area (TPSA) is 31.4 Å². The lowest BCUT2D eigenvalue weighted by molar-refractivity contribution is 0.0920. The molecule has 12 heavy (non-hydrogen) atoms. The van der Waals surface area contributed by atoms with Crippen LogP contribution < -0.4 is 4.74 Å². The van der Waals surface area contributed by atoms with Crippen LogP contribution in [-0.2, 0) is 4.74 Å².